The second-order valence-corrected chi connectivity index (χ2v) is 6.90. The first-order valence-electron chi connectivity index (χ1n) is 6.00. The average molecular weight is 289 g/mol. The molecule has 0 aliphatic heterocycles. The van der Waals surface area contributed by atoms with E-state index in [-0.39, 0.29) is 9.92 Å². The van der Waals surface area contributed by atoms with Gasteiger partial charge >= 0.3 is 0 Å². The van der Waals surface area contributed by atoms with E-state index in [1.807, 2.05) is 6.92 Å². The van der Waals surface area contributed by atoms with E-state index in [1.54, 1.807) is 6.07 Å². The Morgan fingerprint density at radius 2 is 2.11 bits per heavy atom. The van der Waals surface area contributed by atoms with Crippen LogP contribution in [0.4, 0.5) is 5.69 Å². The minimum Gasteiger partial charge on any atom is -0.399 e. The van der Waals surface area contributed by atoms with Gasteiger partial charge in [0.1, 0.15) is 4.90 Å². The molecule has 4 nitrogen and oxygen atoms in total. The highest BCUT2D eigenvalue weighted by molar-refractivity contribution is 7.89. The molecule has 1 aromatic rings. The summed E-state index contributed by atoms with van der Waals surface area (Å²) in [6.45, 7) is 2.88. The minimum absolute atomic E-state index is 0.140. The van der Waals surface area contributed by atoms with Gasteiger partial charge < -0.3 is 5.73 Å². The molecule has 1 aliphatic rings. The summed E-state index contributed by atoms with van der Waals surface area (Å²) in [7, 11) is -3.51. The lowest BCUT2D eigenvalue weighted by Crippen LogP contribution is -2.33. The molecule has 0 heterocycles. The maximum absolute atomic E-state index is 12.5. The first kappa shape index (κ1) is 13.6. The molecule has 6 heteroatoms. The largest absolute Gasteiger partial charge is 0.399 e. The molecular formula is C12H17ClN2O2S. The topological polar surface area (TPSA) is 63.4 Å². The lowest BCUT2D eigenvalue weighted by Gasteiger charge is -2.21. The van der Waals surface area contributed by atoms with Crippen LogP contribution >= 0.6 is 11.6 Å². The van der Waals surface area contributed by atoms with Crippen molar-refractivity contribution in [1.29, 1.82) is 0 Å². The van der Waals surface area contributed by atoms with Gasteiger partial charge in [-0.15, -0.1) is 0 Å². The molecular weight excluding hydrogens is 272 g/mol. The third kappa shape index (κ3) is 2.79. The summed E-state index contributed by atoms with van der Waals surface area (Å²) >= 11 is 5.98. The number of benzene rings is 1. The summed E-state index contributed by atoms with van der Waals surface area (Å²) in [6, 6.07) is 4.51. The maximum Gasteiger partial charge on any atom is 0.244 e. The molecule has 0 bridgehead atoms. The van der Waals surface area contributed by atoms with Crippen LogP contribution < -0.4 is 5.73 Å². The fraction of sp³-hybridized carbons (Fsp3) is 0.500. The fourth-order valence-electron chi connectivity index (χ4n) is 1.85. The molecule has 0 aromatic heterocycles. The Morgan fingerprint density at radius 1 is 1.44 bits per heavy atom. The van der Waals surface area contributed by atoms with Crippen molar-refractivity contribution in [3.63, 3.8) is 0 Å². The summed E-state index contributed by atoms with van der Waals surface area (Å²) in [5.41, 5.74) is 6.04. The van der Waals surface area contributed by atoms with Gasteiger partial charge in [0.15, 0.2) is 0 Å². The number of hydrogen-bond donors (Lipinski definition) is 1. The molecule has 1 fully saturated rings. The smallest absolute Gasteiger partial charge is 0.244 e. The van der Waals surface area contributed by atoms with Gasteiger partial charge in [-0.05, 0) is 37.0 Å². The molecule has 1 aromatic carbocycles. The summed E-state index contributed by atoms with van der Waals surface area (Å²) in [4.78, 5) is 0.140. The van der Waals surface area contributed by atoms with Crippen molar-refractivity contribution in [2.24, 2.45) is 5.92 Å². The Kier molecular flexibility index (Phi) is 3.84. The summed E-state index contributed by atoms with van der Waals surface area (Å²) in [5.74, 6) is 0.507. The van der Waals surface area contributed by atoms with E-state index >= 15 is 0 Å². The van der Waals surface area contributed by atoms with Crippen LogP contribution in [0.15, 0.2) is 23.1 Å². The van der Waals surface area contributed by atoms with Gasteiger partial charge in [-0.2, -0.15) is 4.31 Å². The number of anilines is 1. The maximum atomic E-state index is 12.5. The molecule has 0 spiro atoms. The van der Waals surface area contributed by atoms with Gasteiger partial charge in [-0.1, -0.05) is 18.5 Å². The molecule has 0 saturated heterocycles. The zero-order valence-electron chi connectivity index (χ0n) is 10.3. The van der Waals surface area contributed by atoms with Gasteiger partial charge in [0.05, 0.1) is 5.02 Å². The molecule has 0 radical (unpaired) electrons. The van der Waals surface area contributed by atoms with Crippen molar-refractivity contribution < 1.29 is 8.42 Å². The van der Waals surface area contributed by atoms with Crippen LogP contribution in [0, 0.1) is 5.92 Å². The SMILES string of the molecule is CCN(CC1CC1)S(=O)(=O)c1ccc(N)cc1Cl. The Labute approximate surface area is 113 Å². The highest BCUT2D eigenvalue weighted by Gasteiger charge is 2.31. The highest BCUT2D eigenvalue weighted by Crippen LogP contribution is 2.33. The number of rotatable bonds is 5. The molecule has 0 unspecified atom stereocenters. The van der Waals surface area contributed by atoms with E-state index in [1.165, 1.54) is 16.4 Å². The van der Waals surface area contributed by atoms with Crippen LogP contribution in [0.3, 0.4) is 0 Å². The standard InChI is InChI=1S/C12H17ClN2O2S/c1-2-15(8-9-3-4-9)18(16,17)12-6-5-10(14)7-11(12)13/h5-7,9H,2-4,8,14H2,1H3. The van der Waals surface area contributed by atoms with Crippen molar-refractivity contribution in [3.05, 3.63) is 23.2 Å². The second-order valence-electron chi connectivity index (χ2n) is 4.59. The van der Waals surface area contributed by atoms with Crippen molar-refractivity contribution in [2.45, 2.75) is 24.7 Å². The quantitative estimate of drug-likeness (QED) is 0.846. The lowest BCUT2D eigenvalue weighted by molar-refractivity contribution is 0.412. The van der Waals surface area contributed by atoms with E-state index in [0.29, 0.717) is 24.7 Å². The van der Waals surface area contributed by atoms with Crippen molar-refractivity contribution in [2.75, 3.05) is 18.8 Å². The summed E-state index contributed by atoms with van der Waals surface area (Å²) in [5, 5.41) is 0.184. The van der Waals surface area contributed by atoms with Crippen LogP contribution in [0.5, 0.6) is 0 Å². The molecule has 2 N–H and O–H groups in total. The predicted molar refractivity (Wildman–Crippen MR) is 73.0 cm³/mol. The van der Waals surface area contributed by atoms with Gasteiger partial charge in [0.2, 0.25) is 10.0 Å². The third-order valence-electron chi connectivity index (χ3n) is 3.09. The van der Waals surface area contributed by atoms with Crippen LogP contribution in [0.25, 0.3) is 0 Å². The normalized spacial score (nSPS) is 16.2. The van der Waals surface area contributed by atoms with Gasteiger partial charge in [-0.3, -0.25) is 0 Å². The zero-order valence-corrected chi connectivity index (χ0v) is 11.8. The fourth-order valence-corrected chi connectivity index (χ4v) is 3.90. The van der Waals surface area contributed by atoms with Gasteiger partial charge in [0, 0.05) is 18.8 Å². The second kappa shape index (κ2) is 5.07. The average Bonchev–Trinajstić information content (AvgIpc) is 3.08. The number of nitrogen functional groups attached to an aromatic ring is 1. The molecule has 100 valence electrons. The lowest BCUT2D eigenvalue weighted by atomic mass is 10.3. The van der Waals surface area contributed by atoms with E-state index in [4.69, 9.17) is 17.3 Å². The Hall–Kier alpha value is -0.780. The van der Waals surface area contributed by atoms with Crippen molar-refractivity contribution >= 4 is 27.3 Å². The Morgan fingerprint density at radius 3 is 2.61 bits per heavy atom. The Balaban J connectivity index is 2.32. The first-order chi connectivity index (χ1) is 8.45. The molecule has 0 atom stereocenters. The van der Waals surface area contributed by atoms with E-state index in [9.17, 15) is 8.42 Å². The monoisotopic (exact) mass is 288 g/mol. The number of nitrogens with zero attached hydrogens (tertiary/aromatic N) is 1. The molecule has 0 amide bonds. The number of hydrogen-bond acceptors (Lipinski definition) is 3. The molecule has 1 saturated carbocycles. The zero-order chi connectivity index (χ0) is 13.3. The van der Waals surface area contributed by atoms with Crippen LogP contribution in [-0.2, 0) is 10.0 Å². The number of halogens is 1. The van der Waals surface area contributed by atoms with Crippen LogP contribution in [-0.4, -0.2) is 25.8 Å². The van der Waals surface area contributed by atoms with Crippen LogP contribution in [0.2, 0.25) is 5.02 Å². The van der Waals surface area contributed by atoms with Crippen molar-refractivity contribution in [3.8, 4) is 0 Å². The van der Waals surface area contributed by atoms with Crippen molar-refractivity contribution in [1.82, 2.24) is 4.31 Å². The third-order valence-corrected chi connectivity index (χ3v) is 5.51. The molecule has 18 heavy (non-hydrogen) atoms. The van der Waals surface area contributed by atoms with E-state index in [0.717, 1.165) is 12.8 Å². The van der Waals surface area contributed by atoms with Gasteiger partial charge in [0.25, 0.3) is 0 Å². The number of sulfonamides is 1. The predicted octanol–water partition coefficient (Wildman–Crippen LogP) is 2.34. The molecule has 2 rings (SSSR count). The molecule has 1 aliphatic carbocycles. The van der Waals surface area contributed by atoms with Gasteiger partial charge in [-0.25, -0.2) is 8.42 Å². The van der Waals surface area contributed by atoms with E-state index in [2.05, 4.69) is 0 Å². The minimum atomic E-state index is -3.51. The summed E-state index contributed by atoms with van der Waals surface area (Å²) < 4.78 is 26.4. The number of nitrogens with two attached hydrogens (primary N) is 1. The Bertz CT molecular complexity index is 541. The summed E-state index contributed by atoms with van der Waals surface area (Å²) in [6.07, 6.45) is 2.23. The van der Waals surface area contributed by atoms with Crippen LogP contribution in [0.1, 0.15) is 19.8 Å². The first-order valence-corrected chi connectivity index (χ1v) is 7.82. The van der Waals surface area contributed by atoms with E-state index < -0.39 is 10.0 Å². The highest BCUT2D eigenvalue weighted by atomic mass is 35.5.